The minimum Gasteiger partial charge on any atom is -0.431 e. The molecule has 3 amide bonds. The SMILES string of the molecule is C[C@@H](C1CC1)N(Cc1ccccc1)C(=O)CN1C(=O)OC(c2c[nH]c3cccc(Cl)c23)C1=O. The summed E-state index contributed by atoms with van der Waals surface area (Å²) in [7, 11) is 0. The molecule has 1 saturated heterocycles. The third kappa shape index (κ3) is 4.09. The average Bonchev–Trinajstić information content (AvgIpc) is 3.52. The summed E-state index contributed by atoms with van der Waals surface area (Å²) in [4.78, 5) is 44.8. The van der Waals surface area contributed by atoms with E-state index in [-0.39, 0.29) is 18.5 Å². The monoisotopic (exact) mass is 465 g/mol. The second kappa shape index (κ2) is 8.56. The third-order valence-corrected chi connectivity index (χ3v) is 6.82. The third-order valence-electron chi connectivity index (χ3n) is 6.50. The molecule has 5 rings (SSSR count). The van der Waals surface area contributed by atoms with Gasteiger partial charge >= 0.3 is 6.09 Å². The number of benzene rings is 2. The lowest BCUT2D eigenvalue weighted by atomic mass is 10.1. The van der Waals surface area contributed by atoms with Crippen LogP contribution in [0.1, 0.15) is 37.0 Å². The first-order valence-electron chi connectivity index (χ1n) is 11.0. The number of fused-ring (bicyclic) bond motifs is 1. The Morgan fingerprint density at radius 2 is 1.94 bits per heavy atom. The van der Waals surface area contributed by atoms with Crippen molar-refractivity contribution < 1.29 is 19.1 Å². The summed E-state index contributed by atoms with van der Waals surface area (Å²) < 4.78 is 5.40. The molecule has 2 fully saturated rings. The molecule has 8 heteroatoms. The summed E-state index contributed by atoms with van der Waals surface area (Å²) in [6.45, 7) is 2.10. The van der Waals surface area contributed by atoms with E-state index in [1.165, 1.54) is 0 Å². The fourth-order valence-corrected chi connectivity index (χ4v) is 4.74. The van der Waals surface area contributed by atoms with Crippen LogP contribution in [0.25, 0.3) is 10.9 Å². The molecule has 1 saturated carbocycles. The van der Waals surface area contributed by atoms with E-state index in [2.05, 4.69) is 4.98 Å². The number of hydrogen-bond acceptors (Lipinski definition) is 4. The van der Waals surface area contributed by atoms with Crippen LogP contribution in [0.5, 0.6) is 0 Å². The number of carbonyl (C=O) groups is 3. The quantitative estimate of drug-likeness (QED) is 0.549. The number of aromatic nitrogens is 1. The highest BCUT2D eigenvalue weighted by atomic mass is 35.5. The largest absolute Gasteiger partial charge is 0.431 e. The van der Waals surface area contributed by atoms with Crippen molar-refractivity contribution in [1.82, 2.24) is 14.8 Å². The molecule has 2 atom stereocenters. The number of carbonyl (C=O) groups excluding carboxylic acids is 3. The van der Waals surface area contributed by atoms with Gasteiger partial charge in [0.2, 0.25) is 12.0 Å². The fraction of sp³-hybridized carbons (Fsp3) is 0.320. The summed E-state index contributed by atoms with van der Waals surface area (Å²) in [5.74, 6) is -0.394. The molecule has 1 aliphatic carbocycles. The van der Waals surface area contributed by atoms with Crippen LogP contribution in [0.4, 0.5) is 4.79 Å². The van der Waals surface area contributed by atoms with Crippen molar-refractivity contribution in [3.8, 4) is 0 Å². The van der Waals surface area contributed by atoms with Crippen LogP contribution in [-0.2, 0) is 20.9 Å². The molecule has 0 bridgehead atoms. The summed E-state index contributed by atoms with van der Waals surface area (Å²) in [5.41, 5.74) is 2.22. The fourth-order valence-electron chi connectivity index (χ4n) is 4.46. The number of rotatable bonds is 7. The Kier molecular flexibility index (Phi) is 5.58. The van der Waals surface area contributed by atoms with Crippen molar-refractivity contribution in [1.29, 1.82) is 0 Å². The van der Waals surface area contributed by atoms with E-state index in [0.29, 0.717) is 28.4 Å². The van der Waals surface area contributed by atoms with Gasteiger partial charge in [0, 0.05) is 35.2 Å². The first-order valence-corrected chi connectivity index (χ1v) is 11.4. The summed E-state index contributed by atoms with van der Waals surface area (Å²) >= 11 is 6.33. The number of nitrogens with zero attached hydrogens (tertiary/aromatic N) is 2. The molecule has 0 radical (unpaired) electrons. The zero-order valence-corrected chi connectivity index (χ0v) is 18.9. The van der Waals surface area contributed by atoms with E-state index >= 15 is 0 Å². The minimum absolute atomic E-state index is 0.0228. The van der Waals surface area contributed by atoms with Crippen LogP contribution in [0.2, 0.25) is 5.02 Å². The standard InChI is InChI=1S/C25H24ClN3O4/c1-15(17-10-11-17)28(13-16-6-3-2-4-7-16)21(30)14-29-24(31)23(33-25(29)32)18-12-27-20-9-5-8-19(26)22(18)20/h2-9,12,15,17,23,27H,10-11,13-14H2,1H3/t15-,23?/m0/s1. The number of amides is 3. The van der Waals surface area contributed by atoms with E-state index in [9.17, 15) is 14.4 Å². The van der Waals surface area contributed by atoms with Crippen molar-refractivity contribution >= 4 is 40.4 Å². The van der Waals surface area contributed by atoms with E-state index in [4.69, 9.17) is 16.3 Å². The summed E-state index contributed by atoms with van der Waals surface area (Å²) in [5, 5.41) is 1.08. The van der Waals surface area contributed by atoms with Crippen molar-refractivity contribution in [3.05, 3.63) is 70.9 Å². The molecule has 170 valence electrons. The Balaban J connectivity index is 1.36. The highest BCUT2D eigenvalue weighted by Gasteiger charge is 2.45. The topological polar surface area (TPSA) is 82.7 Å². The first kappa shape index (κ1) is 21.5. The van der Waals surface area contributed by atoms with Gasteiger partial charge in [0.05, 0.1) is 5.02 Å². The number of cyclic esters (lactones) is 1. The van der Waals surface area contributed by atoms with Crippen LogP contribution in [0, 0.1) is 5.92 Å². The van der Waals surface area contributed by atoms with E-state index in [1.807, 2.05) is 43.3 Å². The van der Waals surface area contributed by atoms with Gasteiger partial charge in [0.25, 0.3) is 5.91 Å². The summed E-state index contributed by atoms with van der Waals surface area (Å²) in [6.07, 6.45) is 1.82. The molecule has 2 aliphatic rings. The minimum atomic E-state index is -1.14. The van der Waals surface area contributed by atoms with Crippen molar-refractivity contribution in [3.63, 3.8) is 0 Å². The predicted octanol–water partition coefficient (Wildman–Crippen LogP) is 4.67. The Bertz CT molecular complexity index is 1220. The van der Waals surface area contributed by atoms with Crippen molar-refractivity contribution in [2.45, 2.75) is 38.5 Å². The van der Waals surface area contributed by atoms with E-state index < -0.39 is 18.1 Å². The Morgan fingerprint density at radius 1 is 1.18 bits per heavy atom. The summed E-state index contributed by atoms with van der Waals surface area (Å²) in [6, 6.07) is 15.1. The Hall–Kier alpha value is -3.32. The number of H-pyrrole nitrogens is 1. The molecule has 1 unspecified atom stereocenters. The first-order chi connectivity index (χ1) is 15.9. The maximum atomic E-state index is 13.3. The van der Waals surface area contributed by atoms with Gasteiger partial charge in [-0.3, -0.25) is 9.59 Å². The number of hydrogen-bond donors (Lipinski definition) is 1. The van der Waals surface area contributed by atoms with E-state index in [0.717, 1.165) is 28.8 Å². The number of nitrogens with one attached hydrogen (secondary N) is 1. The second-order valence-corrected chi connectivity index (χ2v) is 9.09. The number of ether oxygens (including phenoxy) is 1. The van der Waals surface area contributed by atoms with Crippen LogP contribution in [0.3, 0.4) is 0 Å². The van der Waals surface area contributed by atoms with Gasteiger partial charge in [-0.1, -0.05) is 48.0 Å². The normalized spacial score (nSPS) is 19.1. The zero-order valence-electron chi connectivity index (χ0n) is 18.2. The lowest BCUT2D eigenvalue weighted by Gasteiger charge is -2.30. The molecule has 2 heterocycles. The molecule has 1 N–H and O–H groups in total. The Labute approximate surface area is 196 Å². The van der Waals surface area contributed by atoms with Crippen molar-refractivity contribution in [2.24, 2.45) is 5.92 Å². The van der Waals surface area contributed by atoms with Crippen LogP contribution in [-0.4, -0.2) is 45.3 Å². The van der Waals surface area contributed by atoms with Gasteiger partial charge < -0.3 is 14.6 Å². The zero-order chi connectivity index (χ0) is 23.1. The highest BCUT2D eigenvalue weighted by Crippen LogP contribution is 2.37. The van der Waals surface area contributed by atoms with Crippen molar-refractivity contribution in [2.75, 3.05) is 6.54 Å². The smallest absolute Gasteiger partial charge is 0.418 e. The van der Waals surface area contributed by atoms with Crippen LogP contribution < -0.4 is 0 Å². The molecule has 1 aliphatic heterocycles. The lowest BCUT2D eigenvalue weighted by Crippen LogP contribution is -2.46. The predicted molar refractivity (Wildman–Crippen MR) is 123 cm³/mol. The van der Waals surface area contributed by atoms with E-state index in [1.54, 1.807) is 23.2 Å². The van der Waals surface area contributed by atoms with Gasteiger partial charge in [-0.25, -0.2) is 9.69 Å². The molecular weight excluding hydrogens is 442 g/mol. The molecule has 0 spiro atoms. The maximum absolute atomic E-state index is 13.3. The molecule has 7 nitrogen and oxygen atoms in total. The van der Waals surface area contributed by atoms with Gasteiger partial charge in [0.15, 0.2) is 0 Å². The average molecular weight is 466 g/mol. The molecule has 2 aromatic carbocycles. The number of imide groups is 1. The second-order valence-electron chi connectivity index (χ2n) is 8.68. The number of halogens is 1. The Morgan fingerprint density at radius 3 is 2.67 bits per heavy atom. The van der Waals surface area contributed by atoms with Gasteiger partial charge in [-0.2, -0.15) is 0 Å². The molecular formula is C25H24ClN3O4. The molecule has 3 aromatic rings. The van der Waals surface area contributed by atoms with Gasteiger partial charge in [-0.05, 0) is 43.4 Å². The van der Waals surface area contributed by atoms with Gasteiger partial charge in [-0.15, -0.1) is 0 Å². The van der Waals surface area contributed by atoms with Crippen LogP contribution >= 0.6 is 11.6 Å². The molecule has 1 aromatic heterocycles. The van der Waals surface area contributed by atoms with Crippen LogP contribution in [0.15, 0.2) is 54.7 Å². The highest BCUT2D eigenvalue weighted by molar-refractivity contribution is 6.35. The van der Waals surface area contributed by atoms with Gasteiger partial charge in [0.1, 0.15) is 6.54 Å². The maximum Gasteiger partial charge on any atom is 0.418 e. The number of aromatic amines is 1. The molecule has 33 heavy (non-hydrogen) atoms. The lowest BCUT2D eigenvalue weighted by molar-refractivity contribution is -0.140.